The van der Waals surface area contributed by atoms with Gasteiger partial charge in [-0.25, -0.2) is 4.39 Å². The Labute approximate surface area is 135 Å². The first-order valence-corrected chi connectivity index (χ1v) is 8.12. The molecule has 3 nitrogen and oxygen atoms in total. The number of hydrogen-bond acceptors (Lipinski definition) is 1. The predicted octanol–water partition coefficient (Wildman–Crippen LogP) is 2.79. The largest absolute Gasteiger partial charge is 0.330 e. The van der Waals surface area contributed by atoms with Crippen molar-refractivity contribution in [3.63, 3.8) is 0 Å². The van der Waals surface area contributed by atoms with Gasteiger partial charge in [-0.3, -0.25) is 4.79 Å². The van der Waals surface area contributed by atoms with Gasteiger partial charge < -0.3 is 10.6 Å². The first kappa shape index (κ1) is 15.7. The smallest absolute Gasteiger partial charge is 0.282 e. The van der Waals surface area contributed by atoms with E-state index in [4.69, 9.17) is 0 Å². The number of hydrogen-bond donors (Lipinski definition) is 2. The Kier molecular flexibility index (Phi) is 4.72. The third-order valence-corrected chi connectivity index (χ3v) is 4.46. The molecule has 0 fully saturated rings. The molecule has 2 aromatic rings. The van der Waals surface area contributed by atoms with Gasteiger partial charge in [0.05, 0.1) is 0 Å². The van der Waals surface area contributed by atoms with E-state index >= 15 is 0 Å². The lowest BCUT2D eigenvalue weighted by Gasteiger charge is -2.26. The predicted molar refractivity (Wildman–Crippen MR) is 88.5 cm³/mol. The molecule has 0 unspecified atom stereocenters. The van der Waals surface area contributed by atoms with E-state index in [0.717, 1.165) is 19.3 Å². The van der Waals surface area contributed by atoms with Crippen LogP contribution in [-0.2, 0) is 11.2 Å². The quantitative estimate of drug-likeness (QED) is 0.896. The summed E-state index contributed by atoms with van der Waals surface area (Å²) in [6.45, 7) is 1.91. The van der Waals surface area contributed by atoms with E-state index in [1.54, 1.807) is 12.1 Å². The summed E-state index contributed by atoms with van der Waals surface area (Å²) in [5.41, 5.74) is 3.37. The molecule has 23 heavy (non-hydrogen) atoms. The van der Waals surface area contributed by atoms with Gasteiger partial charge in [-0.15, -0.1) is 0 Å². The van der Waals surface area contributed by atoms with Crippen molar-refractivity contribution in [2.24, 2.45) is 0 Å². The maximum absolute atomic E-state index is 12.9. The summed E-state index contributed by atoms with van der Waals surface area (Å²) in [4.78, 5) is 12.3. The topological polar surface area (TPSA) is 45.7 Å². The van der Waals surface area contributed by atoms with Gasteiger partial charge in [0.15, 0.2) is 6.04 Å². The number of aryl methyl sites for hydroxylation is 1. The minimum atomic E-state index is -0.304. The van der Waals surface area contributed by atoms with Gasteiger partial charge in [-0.05, 0) is 49.6 Å². The van der Waals surface area contributed by atoms with Crippen LogP contribution in [0.2, 0.25) is 0 Å². The zero-order chi connectivity index (χ0) is 16.2. The average molecular weight is 313 g/mol. The monoisotopic (exact) mass is 313 g/mol. The van der Waals surface area contributed by atoms with Gasteiger partial charge >= 0.3 is 0 Å². The lowest BCUT2D eigenvalue weighted by Crippen LogP contribution is -2.92. The van der Waals surface area contributed by atoms with Crippen LogP contribution >= 0.6 is 0 Å². The molecule has 0 heterocycles. The van der Waals surface area contributed by atoms with E-state index in [2.05, 4.69) is 34.9 Å². The summed E-state index contributed by atoms with van der Waals surface area (Å²) in [5, 5.41) is 4.98. The molecule has 3 N–H and O–H groups in total. The van der Waals surface area contributed by atoms with Crippen LogP contribution < -0.4 is 10.6 Å². The van der Waals surface area contributed by atoms with E-state index in [9.17, 15) is 9.18 Å². The number of carbonyl (C=O) groups is 1. The molecule has 0 saturated carbocycles. The Balaban J connectivity index is 1.64. The van der Waals surface area contributed by atoms with Crippen molar-refractivity contribution < 1.29 is 14.5 Å². The molecule has 2 aromatic carbocycles. The van der Waals surface area contributed by atoms with Crippen LogP contribution in [0.15, 0.2) is 48.5 Å². The van der Waals surface area contributed by atoms with Gasteiger partial charge in [0, 0.05) is 17.7 Å². The molecular formula is C19H22FN2O+. The molecule has 120 valence electrons. The molecule has 0 saturated heterocycles. The van der Waals surface area contributed by atoms with Crippen molar-refractivity contribution in [1.29, 1.82) is 0 Å². The highest BCUT2D eigenvalue weighted by molar-refractivity contribution is 5.93. The second kappa shape index (κ2) is 6.92. The zero-order valence-electron chi connectivity index (χ0n) is 13.3. The standard InChI is InChI=1S/C19H21FN2O/c1-13(19(23)22-16-11-9-15(20)10-12-16)21-18-8-4-6-14-5-2-3-7-17(14)18/h2-3,5,7,9-13,18,21H,4,6,8H2,1H3,(H,22,23)/p+1/t13-,18-/m1/s1. The lowest BCUT2D eigenvalue weighted by molar-refractivity contribution is -0.714. The first-order chi connectivity index (χ1) is 11.1. The van der Waals surface area contributed by atoms with E-state index < -0.39 is 0 Å². The van der Waals surface area contributed by atoms with Crippen molar-refractivity contribution in [2.45, 2.75) is 38.3 Å². The van der Waals surface area contributed by atoms with Crippen LogP contribution in [0.4, 0.5) is 10.1 Å². The van der Waals surface area contributed by atoms with Crippen molar-refractivity contribution in [2.75, 3.05) is 5.32 Å². The van der Waals surface area contributed by atoms with E-state index in [-0.39, 0.29) is 17.8 Å². The summed E-state index contributed by atoms with van der Waals surface area (Å²) in [6.07, 6.45) is 3.37. The summed E-state index contributed by atoms with van der Waals surface area (Å²) in [7, 11) is 0. The molecule has 1 amide bonds. The molecule has 2 atom stereocenters. The van der Waals surface area contributed by atoms with Crippen LogP contribution in [0.1, 0.15) is 36.9 Å². The minimum Gasteiger partial charge on any atom is -0.330 e. The number of fused-ring (bicyclic) bond motifs is 1. The number of benzene rings is 2. The maximum atomic E-state index is 12.9. The Hall–Kier alpha value is -2.20. The summed E-state index contributed by atoms with van der Waals surface area (Å²) >= 11 is 0. The molecule has 1 aliphatic rings. The number of amides is 1. The van der Waals surface area contributed by atoms with Crippen LogP contribution in [0.25, 0.3) is 0 Å². The average Bonchev–Trinajstić information content (AvgIpc) is 2.57. The van der Waals surface area contributed by atoms with Crippen molar-refractivity contribution in [3.8, 4) is 0 Å². The molecule has 0 bridgehead atoms. The summed E-state index contributed by atoms with van der Waals surface area (Å²) in [6, 6.07) is 14.5. The minimum absolute atomic E-state index is 0.0559. The number of carbonyl (C=O) groups excluding carboxylic acids is 1. The Morgan fingerprint density at radius 3 is 2.74 bits per heavy atom. The molecule has 0 spiro atoms. The molecule has 1 aliphatic carbocycles. The number of halogens is 1. The molecule has 0 aliphatic heterocycles. The molecule has 0 radical (unpaired) electrons. The zero-order valence-corrected chi connectivity index (χ0v) is 13.3. The molecule has 0 aromatic heterocycles. The number of nitrogens with one attached hydrogen (secondary N) is 1. The SMILES string of the molecule is C[C@@H]([NH2+][C@@H]1CCCc2ccccc21)C(=O)Nc1ccc(F)cc1. The second-order valence-corrected chi connectivity index (χ2v) is 6.17. The Bertz CT molecular complexity index is 684. The Morgan fingerprint density at radius 1 is 1.22 bits per heavy atom. The molecular weight excluding hydrogens is 291 g/mol. The van der Waals surface area contributed by atoms with E-state index in [1.165, 1.54) is 23.3 Å². The first-order valence-electron chi connectivity index (χ1n) is 8.12. The fourth-order valence-electron chi connectivity index (χ4n) is 3.22. The van der Waals surface area contributed by atoms with Crippen molar-refractivity contribution in [1.82, 2.24) is 0 Å². The molecule has 4 heteroatoms. The number of anilines is 1. The number of quaternary nitrogens is 1. The fourth-order valence-corrected chi connectivity index (χ4v) is 3.22. The summed E-state index contributed by atoms with van der Waals surface area (Å²) in [5.74, 6) is -0.360. The van der Waals surface area contributed by atoms with Crippen LogP contribution in [0.3, 0.4) is 0 Å². The van der Waals surface area contributed by atoms with E-state index in [1.807, 2.05) is 6.92 Å². The van der Waals surface area contributed by atoms with Crippen LogP contribution in [0, 0.1) is 5.82 Å². The van der Waals surface area contributed by atoms with Crippen molar-refractivity contribution >= 4 is 11.6 Å². The second-order valence-electron chi connectivity index (χ2n) is 6.17. The van der Waals surface area contributed by atoms with Gasteiger partial charge in [0.25, 0.3) is 5.91 Å². The van der Waals surface area contributed by atoms with Gasteiger partial charge in [-0.1, -0.05) is 24.3 Å². The Morgan fingerprint density at radius 2 is 1.96 bits per heavy atom. The third-order valence-electron chi connectivity index (χ3n) is 4.46. The van der Waals surface area contributed by atoms with E-state index in [0.29, 0.717) is 11.7 Å². The highest BCUT2D eigenvalue weighted by Gasteiger charge is 2.27. The number of rotatable bonds is 4. The highest BCUT2D eigenvalue weighted by Crippen LogP contribution is 2.26. The maximum Gasteiger partial charge on any atom is 0.282 e. The highest BCUT2D eigenvalue weighted by atomic mass is 19.1. The fraction of sp³-hybridized carbons (Fsp3) is 0.316. The van der Waals surface area contributed by atoms with Crippen LogP contribution in [0.5, 0.6) is 0 Å². The van der Waals surface area contributed by atoms with Crippen LogP contribution in [-0.4, -0.2) is 11.9 Å². The van der Waals surface area contributed by atoms with Gasteiger partial charge in [-0.2, -0.15) is 0 Å². The number of nitrogens with two attached hydrogens (primary N) is 1. The third kappa shape index (κ3) is 3.77. The van der Waals surface area contributed by atoms with Gasteiger partial charge in [0.1, 0.15) is 11.9 Å². The van der Waals surface area contributed by atoms with Gasteiger partial charge in [0.2, 0.25) is 0 Å². The lowest BCUT2D eigenvalue weighted by atomic mass is 9.87. The van der Waals surface area contributed by atoms with Crippen molar-refractivity contribution in [3.05, 3.63) is 65.5 Å². The summed E-state index contributed by atoms with van der Waals surface area (Å²) < 4.78 is 12.9. The molecule has 3 rings (SSSR count). The normalized spacial score (nSPS) is 18.1.